The van der Waals surface area contributed by atoms with Crippen molar-refractivity contribution in [3.8, 4) is 0 Å². The van der Waals surface area contributed by atoms with Gasteiger partial charge in [0.15, 0.2) is 0 Å². The topological polar surface area (TPSA) is 17.1 Å². The van der Waals surface area contributed by atoms with Crippen LogP contribution in [0, 0.1) is 5.41 Å². The van der Waals surface area contributed by atoms with Gasteiger partial charge in [0, 0.05) is 23.3 Å². The Labute approximate surface area is 69.7 Å². The zero-order chi connectivity index (χ0) is 7.61. The van der Waals surface area contributed by atoms with Crippen molar-refractivity contribution in [1.29, 1.82) is 0 Å². The fourth-order valence-corrected chi connectivity index (χ4v) is 4.38. The van der Waals surface area contributed by atoms with Gasteiger partial charge in [-0.2, -0.15) is 0 Å². The van der Waals surface area contributed by atoms with Crippen LogP contribution in [0.1, 0.15) is 20.3 Å². The summed E-state index contributed by atoms with van der Waals surface area (Å²) in [5.41, 5.74) is -0.00984. The number of carbonyl (C=O) groups excluding carboxylic acids is 1. The summed E-state index contributed by atoms with van der Waals surface area (Å²) in [7, 11) is 3.64. The minimum Gasteiger partial charge on any atom is -0.299 e. The van der Waals surface area contributed by atoms with Crippen molar-refractivity contribution >= 4 is 27.4 Å². The standard InChI is InChI=1S/C7H12OS2/c1-3-6(8)7(2)4-9-10-5-7/h3-5H2,1-2H3. The maximum Gasteiger partial charge on any atom is 0.140 e. The van der Waals surface area contributed by atoms with E-state index in [4.69, 9.17) is 0 Å². The summed E-state index contributed by atoms with van der Waals surface area (Å²) < 4.78 is 0. The van der Waals surface area contributed by atoms with Crippen molar-refractivity contribution in [2.45, 2.75) is 20.3 Å². The van der Waals surface area contributed by atoms with Gasteiger partial charge in [-0.1, -0.05) is 35.4 Å². The van der Waals surface area contributed by atoms with E-state index in [-0.39, 0.29) is 5.41 Å². The monoisotopic (exact) mass is 176 g/mol. The van der Waals surface area contributed by atoms with E-state index in [0.717, 1.165) is 11.5 Å². The van der Waals surface area contributed by atoms with Crippen LogP contribution in [0.4, 0.5) is 0 Å². The Morgan fingerprint density at radius 3 is 2.40 bits per heavy atom. The molecule has 3 heteroatoms. The van der Waals surface area contributed by atoms with Gasteiger partial charge in [0.1, 0.15) is 5.78 Å². The third-order valence-electron chi connectivity index (χ3n) is 1.83. The summed E-state index contributed by atoms with van der Waals surface area (Å²) in [6.45, 7) is 4.02. The lowest BCUT2D eigenvalue weighted by molar-refractivity contribution is -0.125. The van der Waals surface area contributed by atoms with E-state index >= 15 is 0 Å². The fraction of sp³-hybridized carbons (Fsp3) is 0.857. The Morgan fingerprint density at radius 1 is 1.50 bits per heavy atom. The first kappa shape index (κ1) is 8.47. The zero-order valence-corrected chi connectivity index (χ0v) is 7.98. The van der Waals surface area contributed by atoms with Crippen LogP contribution in [0.2, 0.25) is 0 Å². The van der Waals surface area contributed by atoms with Crippen LogP contribution in [0.25, 0.3) is 0 Å². The van der Waals surface area contributed by atoms with Crippen molar-refractivity contribution in [1.82, 2.24) is 0 Å². The van der Waals surface area contributed by atoms with Crippen LogP contribution < -0.4 is 0 Å². The molecule has 1 saturated heterocycles. The average molecular weight is 176 g/mol. The van der Waals surface area contributed by atoms with Gasteiger partial charge < -0.3 is 0 Å². The highest BCUT2D eigenvalue weighted by molar-refractivity contribution is 8.77. The van der Waals surface area contributed by atoms with E-state index in [1.54, 1.807) is 0 Å². The number of hydrogen-bond acceptors (Lipinski definition) is 3. The molecule has 0 amide bonds. The second-order valence-electron chi connectivity index (χ2n) is 2.86. The van der Waals surface area contributed by atoms with Crippen molar-refractivity contribution < 1.29 is 4.79 Å². The largest absolute Gasteiger partial charge is 0.299 e. The van der Waals surface area contributed by atoms with E-state index in [1.807, 2.05) is 28.5 Å². The first-order valence-electron chi connectivity index (χ1n) is 3.47. The molecule has 58 valence electrons. The summed E-state index contributed by atoms with van der Waals surface area (Å²) in [6, 6.07) is 0. The normalized spacial score (nSPS) is 23.0. The lowest BCUT2D eigenvalue weighted by atomic mass is 9.89. The quantitative estimate of drug-likeness (QED) is 0.601. The smallest absolute Gasteiger partial charge is 0.140 e. The minimum absolute atomic E-state index is 0.00984. The minimum atomic E-state index is -0.00984. The van der Waals surface area contributed by atoms with Gasteiger partial charge in [-0.3, -0.25) is 4.79 Å². The maximum absolute atomic E-state index is 11.3. The van der Waals surface area contributed by atoms with E-state index in [0.29, 0.717) is 12.2 Å². The van der Waals surface area contributed by atoms with E-state index in [9.17, 15) is 4.79 Å². The third kappa shape index (κ3) is 1.51. The third-order valence-corrected chi connectivity index (χ3v) is 4.72. The molecule has 0 N–H and O–H groups in total. The van der Waals surface area contributed by atoms with Gasteiger partial charge >= 0.3 is 0 Å². The second-order valence-corrected chi connectivity index (χ2v) is 5.32. The first-order valence-corrected chi connectivity index (χ1v) is 5.95. The second kappa shape index (κ2) is 3.18. The summed E-state index contributed by atoms with van der Waals surface area (Å²) in [4.78, 5) is 11.3. The highest BCUT2D eigenvalue weighted by Crippen LogP contribution is 2.43. The number of hydrogen-bond donors (Lipinski definition) is 0. The Balaban J connectivity index is 2.58. The summed E-state index contributed by atoms with van der Waals surface area (Å²) in [5.74, 6) is 2.43. The van der Waals surface area contributed by atoms with Gasteiger partial charge in [-0.25, -0.2) is 0 Å². The van der Waals surface area contributed by atoms with Gasteiger partial charge in [-0.05, 0) is 0 Å². The first-order chi connectivity index (χ1) is 4.69. The van der Waals surface area contributed by atoms with Gasteiger partial charge in [0.05, 0.1) is 0 Å². The molecule has 1 heterocycles. The summed E-state index contributed by atoms with van der Waals surface area (Å²) in [6.07, 6.45) is 0.692. The molecule has 0 saturated carbocycles. The van der Waals surface area contributed by atoms with Crippen molar-refractivity contribution in [3.63, 3.8) is 0 Å². The molecule has 0 unspecified atom stereocenters. The number of carbonyl (C=O) groups is 1. The lowest BCUT2D eigenvalue weighted by Crippen LogP contribution is -2.29. The van der Waals surface area contributed by atoms with E-state index in [2.05, 4.69) is 6.92 Å². The Hall–Kier alpha value is 0.370. The number of ketones is 1. The Bertz CT molecular complexity index is 139. The molecule has 0 atom stereocenters. The molecular formula is C7H12OS2. The van der Waals surface area contributed by atoms with E-state index < -0.39 is 0 Å². The molecule has 0 spiro atoms. The summed E-state index contributed by atoms with van der Waals surface area (Å²) >= 11 is 0. The van der Waals surface area contributed by atoms with Crippen LogP contribution in [0.5, 0.6) is 0 Å². The van der Waals surface area contributed by atoms with Crippen molar-refractivity contribution in [2.24, 2.45) is 5.41 Å². The predicted molar refractivity (Wildman–Crippen MR) is 48.3 cm³/mol. The zero-order valence-electron chi connectivity index (χ0n) is 6.35. The van der Waals surface area contributed by atoms with Crippen LogP contribution in [0.3, 0.4) is 0 Å². The van der Waals surface area contributed by atoms with Crippen LogP contribution in [-0.4, -0.2) is 17.3 Å². The van der Waals surface area contributed by atoms with Gasteiger partial charge in [-0.15, -0.1) is 0 Å². The summed E-state index contributed by atoms with van der Waals surface area (Å²) in [5, 5.41) is 0. The average Bonchev–Trinajstić information content (AvgIpc) is 2.36. The molecule has 0 bridgehead atoms. The van der Waals surface area contributed by atoms with E-state index in [1.165, 1.54) is 0 Å². The molecule has 10 heavy (non-hydrogen) atoms. The number of rotatable bonds is 2. The molecule has 1 rings (SSSR count). The van der Waals surface area contributed by atoms with Gasteiger partial charge in [0.2, 0.25) is 0 Å². The Morgan fingerprint density at radius 2 is 2.00 bits per heavy atom. The predicted octanol–water partition coefficient (Wildman–Crippen LogP) is 2.37. The van der Waals surface area contributed by atoms with Crippen molar-refractivity contribution in [3.05, 3.63) is 0 Å². The molecule has 0 aromatic rings. The number of Topliss-reactive ketones (excluding diaryl/α,β-unsaturated/α-hetero) is 1. The molecule has 1 fully saturated rings. The molecule has 0 radical (unpaired) electrons. The SMILES string of the molecule is CCC(=O)C1(C)CSSC1. The molecule has 1 aliphatic heterocycles. The highest BCUT2D eigenvalue weighted by atomic mass is 33.1. The Kier molecular flexibility index (Phi) is 2.69. The molecule has 1 aliphatic rings. The van der Waals surface area contributed by atoms with Crippen LogP contribution in [-0.2, 0) is 4.79 Å². The maximum atomic E-state index is 11.3. The van der Waals surface area contributed by atoms with Crippen LogP contribution in [0.15, 0.2) is 0 Å². The molecular weight excluding hydrogens is 164 g/mol. The van der Waals surface area contributed by atoms with Gasteiger partial charge in [0.25, 0.3) is 0 Å². The van der Waals surface area contributed by atoms with Crippen LogP contribution >= 0.6 is 21.6 Å². The molecule has 1 nitrogen and oxygen atoms in total. The molecule has 0 aliphatic carbocycles. The fourth-order valence-electron chi connectivity index (χ4n) is 0.973. The van der Waals surface area contributed by atoms with Crippen molar-refractivity contribution in [2.75, 3.05) is 11.5 Å². The molecule has 0 aromatic heterocycles. The lowest BCUT2D eigenvalue weighted by Gasteiger charge is -2.18. The highest BCUT2D eigenvalue weighted by Gasteiger charge is 2.35. The molecule has 0 aromatic carbocycles.